The van der Waals surface area contributed by atoms with Crippen LogP contribution in [0, 0.1) is 5.92 Å². The molecule has 0 aromatic carbocycles. The van der Waals surface area contributed by atoms with Crippen molar-refractivity contribution in [2.75, 3.05) is 38.3 Å². The van der Waals surface area contributed by atoms with Gasteiger partial charge < -0.3 is 19.7 Å². The molecule has 0 spiro atoms. The fourth-order valence-electron chi connectivity index (χ4n) is 5.18. The summed E-state index contributed by atoms with van der Waals surface area (Å²) in [5, 5.41) is 4.66. The predicted octanol–water partition coefficient (Wildman–Crippen LogP) is 3.97. The van der Waals surface area contributed by atoms with Gasteiger partial charge in [-0.25, -0.2) is 14.8 Å². The Labute approximate surface area is 188 Å². The largest absolute Gasteiger partial charge is 0.465 e. The molecule has 2 aromatic rings. The predicted molar refractivity (Wildman–Crippen MR) is 124 cm³/mol. The highest BCUT2D eigenvalue weighted by Gasteiger charge is 2.35. The van der Waals surface area contributed by atoms with E-state index in [9.17, 15) is 4.79 Å². The van der Waals surface area contributed by atoms with Crippen LogP contribution < -0.4 is 10.2 Å². The van der Waals surface area contributed by atoms with Crippen molar-refractivity contribution in [2.45, 2.75) is 64.5 Å². The molecule has 0 radical (unpaired) electrons. The van der Waals surface area contributed by atoms with E-state index in [2.05, 4.69) is 41.0 Å². The Kier molecular flexibility index (Phi) is 7.08. The molecule has 2 atom stereocenters. The Hall–Kier alpha value is -1.77. The van der Waals surface area contributed by atoms with Crippen molar-refractivity contribution < 1.29 is 14.3 Å². The maximum atomic E-state index is 12.4. The van der Waals surface area contributed by atoms with Gasteiger partial charge in [0.15, 0.2) is 0 Å². The number of carbonyl (C=O) groups excluding carboxylic acids is 1. The molecule has 1 N–H and O–H groups in total. The Balaban J connectivity index is 1.59. The molecule has 0 amide bonds. The van der Waals surface area contributed by atoms with Gasteiger partial charge in [0, 0.05) is 25.7 Å². The number of thiophene rings is 1. The zero-order valence-electron chi connectivity index (χ0n) is 19.0. The summed E-state index contributed by atoms with van der Waals surface area (Å²) in [4.78, 5) is 25.4. The van der Waals surface area contributed by atoms with Crippen molar-refractivity contribution in [2.24, 2.45) is 5.92 Å². The lowest BCUT2D eigenvalue weighted by molar-refractivity contribution is -0.00956. The highest BCUT2D eigenvalue weighted by atomic mass is 32.1. The summed E-state index contributed by atoms with van der Waals surface area (Å²) in [6.07, 6.45) is 6.53. The number of methoxy groups -OCH3 is 1. The van der Waals surface area contributed by atoms with Crippen molar-refractivity contribution in [3.05, 3.63) is 16.8 Å². The first-order chi connectivity index (χ1) is 15.0. The van der Waals surface area contributed by atoms with E-state index < -0.39 is 0 Å². The van der Waals surface area contributed by atoms with Gasteiger partial charge in [-0.2, -0.15) is 0 Å². The average molecular weight is 447 g/mol. The molecule has 2 aliphatic rings. The fourth-order valence-corrected chi connectivity index (χ4v) is 6.39. The lowest BCUT2D eigenvalue weighted by Gasteiger charge is -2.38. The maximum absolute atomic E-state index is 12.4. The number of rotatable bonds is 7. The number of nitrogens with one attached hydrogen (secondary N) is 1. The Morgan fingerprint density at radius 2 is 2.06 bits per heavy atom. The van der Waals surface area contributed by atoms with E-state index in [0.717, 1.165) is 60.7 Å². The molecular weight excluding hydrogens is 412 g/mol. The number of carbonyl (C=O) groups is 1. The molecular formula is C23H34N4O3S. The molecule has 2 fully saturated rings. The van der Waals surface area contributed by atoms with Crippen molar-refractivity contribution in [1.82, 2.24) is 15.3 Å². The Morgan fingerprint density at radius 1 is 1.29 bits per heavy atom. The number of aromatic nitrogens is 2. The molecule has 0 bridgehead atoms. The summed E-state index contributed by atoms with van der Waals surface area (Å²) in [6.45, 7) is 10.1. The van der Waals surface area contributed by atoms with Crippen LogP contribution in [0.5, 0.6) is 0 Å². The van der Waals surface area contributed by atoms with E-state index in [-0.39, 0.29) is 11.9 Å². The van der Waals surface area contributed by atoms with Gasteiger partial charge in [-0.15, -0.1) is 11.3 Å². The van der Waals surface area contributed by atoms with Gasteiger partial charge in [0.2, 0.25) is 0 Å². The first kappa shape index (κ1) is 22.4. The van der Waals surface area contributed by atoms with Crippen LogP contribution in [0.1, 0.15) is 67.6 Å². The number of anilines is 1. The van der Waals surface area contributed by atoms with Gasteiger partial charge >= 0.3 is 5.97 Å². The van der Waals surface area contributed by atoms with Crippen LogP contribution in [-0.4, -0.2) is 61.4 Å². The van der Waals surface area contributed by atoms with Crippen LogP contribution in [0.4, 0.5) is 5.82 Å². The summed E-state index contributed by atoms with van der Waals surface area (Å²) in [5.74, 6) is 1.40. The van der Waals surface area contributed by atoms with Gasteiger partial charge in [0.1, 0.15) is 21.9 Å². The summed E-state index contributed by atoms with van der Waals surface area (Å²) < 4.78 is 11.3. The number of hydrogen-bond acceptors (Lipinski definition) is 8. The molecule has 7 nitrogen and oxygen atoms in total. The second-order valence-electron chi connectivity index (χ2n) is 8.82. The molecule has 4 heterocycles. The number of fused-ring (bicyclic) bond motifs is 1. The SMILES string of the molecule is CCOC(C1CCN(c2ncnc3sc(C(=O)OC)c(C(C)C)c23)CC1)C1CCCN1. The van der Waals surface area contributed by atoms with Crippen LogP contribution in [0.25, 0.3) is 10.2 Å². The lowest BCUT2D eigenvalue weighted by Crippen LogP contribution is -2.46. The van der Waals surface area contributed by atoms with Crippen molar-refractivity contribution in [3.8, 4) is 0 Å². The number of nitrogens with zero attached hydrogens (tertiary/aromatic N) is 3. The second kappa shape index (κ2) is 9.79. The summed E-state index contributed by atoms with van der Waals surface area (Å²) in [6, 6.07) is 0.481. The maximum Gasteiger partial charge on any atom is 0.348 e. The quantitative estimate of drug-likeness (QED) is 0.645. The highest BCUT2D eigenvalue weighted by molar-refractivity contribution is 7.20. The minimum Gasteiger partial charge on any atom is -0.465 e. The number of hydrogen-bond donors (Lipinski definition) is 1. The highest BCUT2D eigenvalue weighted by Crippen LogP contribution is 2.41. The first-order valence-corrected chi connectivity index (χ1v) is 12.3. The summed E-state index contributed by atoms with van der Waals surface area (Å²) in [7, 11) is 1.43. The molecule has 0 saturated carbocycles. The van der Waals surface area contributed by atoms with E-state index in [1.807, 2.05) is 0 Å². The summed E-state index contributed by atoms with van der Waals surface area (Å²) >= 11 is 1.41. The van der Waals surface area contributed by atoms with E-state index in [0.29, 0.717) is 22.9 Å². The van der Waals surface area contributed by atoms with Gasteiger partial charge in [-0.1, -0.05) is 13.8 Å². The molecule has 2 aliphatic heterocycles. The summed E-state index contributed by atoms with van der Waals surface area (Å²) in [5.41, 5.74) is 1.01. The van der Waals surface area contributed by atoms with E-state index >= 15 is 0 Å². The van der Waals surface area contributed by atoms with Crippen LogP contribution in [0.15, 0.2) is 6.33 Å². The van der Waals surface area contributed by atoms with Crippen LogP contribution in [0.2, 0.25) is 0 Å². The Morgan fingerprint density at radius 3 is 2.68 bits per heavy atom. The third-order valence-electron chi connectivity index (χ3n) is 6.61. The van der Waals surface area contributed by atoms with E-state index in [1.54, 1.807) is 6.33 Å². The average Bonchev–Trinajstić information content (AvgIpc) is 3.45. The molecule has 8 heteroatoms. The molecule has 31 heavy (non-hydrogen) atoms. The lowest BCUT2D eigenvalue weighted by atomic mass is 9.86. The normalized spacial score (nSPS) is 21.2. The zero-order valence-corrected chi connectivity index (χ0v) is 19.8. The van der Waals surface area contributed by atoms with Crippen LogP contribution in [0.3, 0.4) is 0 Å². The monoisotopic (exact) mass is 446 g/mol. The fraction of sp³-hybridized carbons (Fsp3) is 0.696. The van der Waals surface area contributed by atoms with Gasteiger partial charge in [0.05, 0.1) is 18.6 Å². The number of ether oxygens (including phenoxy) is 2. The first-order valence-electron chi connectivity index (χ1n) is 11.5. The molecule has 0 aliphatic carbocycles. The Bertz CT molecular complexity index is 902. The smallest absolute Gasteiger partial charge is 0.348 e. The third-order valence-corrected chi connectivity index (χ3v) is 7.70. The molecule has 4 rings (SSSR count). The molecule has 170 valence electrons. The minimum absolute atomic E-state index is 0.181. The van der Waals surface area contributed by atoms with Gasteiger partial charge in [-0.3, -0.25) is 0 Å². The standard InChI is InChI=1S/C23H34N4O3S/c1-5-30-19(16-7-6-10-24-16)15-8-11-27(12-9-15)21-18-17(14(2)3)20(23(28)29-4)31-22(18)26-13-25-21/h13-16,19,24H,5-12H2,1-4H3. The molecule has 2 unspecified atom stereocenters. The van der Waals surface area contributed by atoms with Gasteiger partial charge in [0.25, 0.3) is 0 Å². The molecule has 2 aromatic heterocycles. The van der Waals surface area contributed by atoms with Crippen molar-refractivity contribution in [3.63, 3.8) is 0 Å². The number of esters is 1. The molecule has 2 saturated heterocycles. The zero-order chi connectivity index (χ0) is 22.0. The topological polar surface area (TPSA) is 76.6 Å². The second-order valence-corrected chi connectivity index (χ2v) is 9.81. The van der Waals surface area contributed by atoms with Crippen LogP contribution in [-0.2, 0) is 9.47 Å². The van der Waals surface area contributed by atoms with E-state index in [1.165, 1.54) is 31.3 Å². The van der Waals surface area contributed by atoms with Crippen LogP contribution >= 0.6 is 11.3 Å². The van der Waals surface area contributed by atoms with Crippen molar-refractivity contribution in [1.29, 1.82) is 0 Å². The number of piperidine rings is 1. The third kappa shape index (κ3) is 4.43. The minimum atomic E-state index is -0.292. The van der Waals surface area contributed by atoms with Gasteiger partial charge in [-0.05, 0) is 56.6 Å². The van der Waals surface area contributed by atoms with E-state index in [4.69, 9.17) is 9.47 Å². The van der Waals surface area contributed by atoms with Crippen molar-refractivity contribution >= 4 is 33.3 Å².